The van der Waals surface area contributed by atoms with Crippen LogP contribution in [-0.4, -0.2) is 0 Å². The van der Waals surface area contributed by atoms with Crippen molar-refractivity contribution in [3.63, 3.8) is 0 Å². The molecule has 0 saturated heterocycles. The number of allylic oxidation sites excluding steroid dienone is 1. The van der Waals surface area contributed by atoms with Crippen molar-refractivity contribution >= 4 is 0 Å². The van der Waals surface area contributed by atoms with Crippen LogP contribution in [0.15, 0.2) is 12.2 Å². The summed E-state index contributed by atoms with van der Waals surface area (Å²) in [5.74, 6) is -0.686. The van der Waals surface area contributed by atoms with Gasteiger partial charge in [-0.1, -0.05) is 13.3 Å². The van der Waals surface area contributed by atoms with E-state index in [2.05, 4.69) is 6.92 Å². The molecule has 0 N–H and O–H groups in total. The first kappa shape index (κ1) is 7.60. The Morgan fingerprint density at radius 1 is 1.62 bits per heavy atom. The first-order valence-electron chi connectivity index (χ1n) is 2.55. The lowest BCUT2D eigenvalue weighted by Gasteiger charge is -1.88. The van der Waals surface area contributed by atoms with E-state index in [0.717, 1.165) is 0 Å². The first-order valence-corrected chi connectivity index (χ1v) is 2.55. The molecule has 47 valence electrons. The third-order valence-electron chi connectivity index (χ3n) is 0.784. The second kappa shape index (κ2) is 4.75. The zero-order valence-corrected chi connectivity index (χ0v) is 4.66. The van der Waals surface area contributed by atoms with E-state index in [0.29, 0.717) is 12.8 Å². The molecule has 0 saturated carbocycles. The molecule has 0 aromatic heterocycles. The smallest absolute Gasteiger partial charge is 0.128 e. The monoisotopic (exact) mass is 119 g/mol. The van der Waals surface area contributed by atoms with Gasteiger partial charge in [0.1, 0.15) is 12.2 Å². The molecule has 0 heterocycles. The average molecular weight is 119 g/mol. The van der Waals surface area contributed by atoms with Crippen molar-refractivity contribution < 1.29 is 8.78 Å². The van der Waals surface area contributed by atoms with Gasteiger partial charge >= 0.3 is 0 Å². The van der Waals surface area contributed by atoms with Gasteiger partial charge in [0.25, 0.3) is 0 Å². The van der Waals surface area contributed by atoms with Crippen LogP contribution in [0.3, 0.4) is 0 Å². The molecular weight excluding hydrogens is 110 g/mol. The summed E-state index contributed by atoms with van der Waals surface area (Å²) in [7, 11) is 0. The van der Waals surface area contributed by atoms with Crippen molar-refractivity contribution in [3.05, 3.63) is 19.1 Å². The summed E-state index contributed by atoms with van der Waals surface area (Å²) in [5.41, 5.74) is 0. The summed E-state index contributed by atoms with van der Waals surface area (Å²) in [6.45, 7) is 3.48. The van der Waals surface area contributed by atoms with Crippen molar-refractivity contribution in [1.82, 2.24) is 0 Å². The summed E-state index contributed by atoms with van der Waals surface area (Å²) in [5, 5.41) is 0. The Balaban J connectivity index is 3.12. The molecule has 0 rings (SSSR count). The maximum absolute atomic E-state index is 11.8. The van der Waals surface area contributed by atoms with Crippen molar-refractivity contribution in [2.24, 2.45) is 0 Å². The zero-order valence-electron chi connectivity index (χ0n) is 4.66. The minimum atomic E-state index is -0.686. The summed E-state index contributed by atoms with van der Waals surface area (Å²) < 4.78 is 22.9. The van der Waals surface area contributed by atoms with Crippen LogP contribution < -0.4 is 0 Å². The second-order valence-corrected chi connectivity index (χ2v) is 1.51. The van der Waals surface area contributed by atoms with Crippen LogP contribution in [0, 0.1) is 6.92 Å². The van der Waals surface area contributed by atoms with Crippen LogP contribution >= 0.6 is 0 Å². The van der Waals surface area contributed by atoms with Gasteiger partial charge in [0, 0.05) is 6.42 Å². The van der Waals surface area contributed by atoms with E-state index >= 15 is 0 Å². The van der Waals surface area contributed by atoms with Gasteiger partial charge in [0.05, 0.1) is 0 Å². The number of halogens is 2. The molecule has 0 nitrogen and oxygen atoms in total. The molecule has 0 aromatic rings. The first-order chi connectivity index (χ1) is 3.81. The van der Waals surface area contributed by atoms with Crippen LogP contribution in [0.2, 0.25) is 0 Å². The van der Waals surface area contributed by atoms with Crippen LogP contribution in [0.4, 0.5) is 8.78 Å². The van der Waals surface area contributed by atoms with Crippen molar-refractivity contribution in [3.8, 4) is 0 Å². The van der Waals surface area contributed by atoms with E-state index < -0.39 is 5.83 Å². The number of hydrogen-bond acceptors (Lipinski definition) is 0. The Morgan fingerprint density at radius 3 is 2.62 bits per heavy atom. The lowest BCUT2D eigenvalue weighted by molar-refractivity contribution is 0.537. The van der Waals surface area contributed by atoms with Gasteiger partial charge in [0.2, 0.25) is 0 Å². The SMILES string of the molecule is [CH2]CCC/C(F)=C\F. The van der Waals surface area contributed by atoms with Crippen LogP contribution in [0.25, 0.3) is 0 Å². The standard InChI is InChI=1S/C6H9F2/c1-2-3-4-6(8)5-7/h5H,1-4H2/b6-5+. The maximum Gasteiger partial charge on any atom is 0.128 e. The van der Waals surface area contributed by atoms with E-state index in [1.165, 1.54) is 0 Å². The third-order valence-corrected chi connectivity index (χ3v) is 0.784. The normalized spacial score (nSPS) is 12.1. The van der Waals surface area contributed by atoms with E-state index in [1.807, 2.05) is 0 Å². The van der Waals surface area contributed by atoms with E-state index in [4.69, 9.17) is 0 Å². The molecule has 0 amide bonds. The minimum absolute atomic E-state index is 0.00431. The lowest BCUT2D eigenvalue weighted by Crippen LogP contribution is -1.72. The van der Waals surface area contributed by atoms with Crippen LogP contribution in [-0.2, 0) is 0 Å². The zero-order chi connectivity index (χ0) is 6.41. The molecule has 1 radical (unpaired) electrons. The summed E-state index contributed by atoms with van der Waals surface area (Å²) in [6.07, 6.45) is 1.45. The quantitative estimate of drug-likeness (QED) is 0.535. The topological polar surface area (TPSA) is 0 Å². The molecule has 0 aliphatic rings. The largest absolute Gasteiger partial charge is 0.213 e. The fourth-order valence-corrected chi connectivity index (χ4v) is 0.348. The highest BCUT2D eigenvalue weighted by Crippen LogP contribution is 2.07. The van der Waals surface area contributed by atoms with E-state index in [9.17, 15) is 8.78 Å². The van der Waals surface area contributed by atoms with Crippen LogP contribution in [0.5, 0.6) is 0 Å². The Morgan fingerprint density at radius 2 is 2.25 bits per heavy atom. The molecule has 0 aliphatic heterocycles. The number of unbranched alkanes of at least 4 members (excludes halogenated alkanes) is 1. The molecule has 0 unspecified atom stereocenters. The minimum Gasteiger partial charge on any atom is -0.213 e. The predicted octanol–water partition coefficient (Wildman–Crippen LogP) is 2.77. The average Bonchev–Trinajstić information content (AvgIpc) is 1.83. The highest BCUT2D eigenvalue weighted by Gasteiger charge is 1.90. The van der Waals surface area contributed by atoms with Crippen molar-refractivity contribution in [2.75, 3.05) is 0 Å². The molecule has 0 fully saturated rings. The molecule has 0 aromatic carbocycles. The van der Waals surface area contributed by atoms with Crippen molar-refractivity contribution in [1.29, 1.82) is 0 Å². The van der Waals surface area contributed by atoms with Gasteiger partial charge in [-0.3, -0.25) is 0 Å². The van der Waals surface area contributed by atoms with E-state index in [1.54, 1.807) is 0 Å². The van der Waals surface area contributed by atoms with Gasteiger partial charge in [0.15, 0.2) is 0 Å². The van der Waals surface area contributed by atoms with E-state index in [-0.39, 0.29) is 12.8 Å². The number of rotatable bonds is 3. The van der Waals surface area contributed by atoms with Crippen LogP contribution in [0.1, 0.15) is 19.3 Å². The van der Waals surface area contributed by atoms with Gasteiger partial charge in [-0.25, -0.2) is 8.78 Å². The fraction of sp³-hybridized carbons (Fsp3) is 0.500. The lowest BCUT2D eigenvalue weighted by atomic mass is 10.2. The second-order valence-electron chi connectivity index (χ2n) is 1.51. The van der Waals surface area contributed by atoms with Crippen molar-refractivity contribution in [2.45, 2.75) is 19.3 Å². The summed E-state index contributed by atoms with van der Waals surface area (Å²) in [4.78, 5) is 0. The Bertz CT molecular complexity index is 76.6. The Labute approximate surface area is 48.2 Å². The Hall–Kier alpha value is -0.400. The van der Waals surface area contributed by atoms with Gasteiger partial charge in [-0.15, -0.1) is 0 Å². The molecule has 2 heteroatoms. The molecule has 0 aliphatic carbocycles. The molecule has 0 spiro atoms. The summed E-state index contributed by atoms with van der Waals surface area (Å²) in [6, 6.07) is 0. The van der Waals surface area contributed by atoms with Gasteiger partial charge in [-0.2, -0.15) is 0 Å². The Kier molecular flexibility index (Phi) is 4.51. The fourth-order valence-electron chi connectivity index (χ4n) is 0.348. The molecule has 8 heavy (non-hydrogen) atoms. The molecule has 0 bridgehead atoms. The summed E-state index contributed by atoms with van der Waals surface area (Å²) >= 11 is 0. The maximum atomic E-state index is 11.8. The predicted molar refractivity (Wildman–Crippen MR) is 29.5 cm³/mol. The third kappa shape index (κ3) is 3.78. The van der Waals surface area contributed by atoms with Gasteiger partial charge < -0.3 is 0 Å². The molecular formula is C6H9F2. The highest BCUT2D eigenvalue weighted by molar-refractivity contribution is 4.83. The number of hydrogen-bond donors (Lipinski definition) is 0. The molecule has 0 atom stereocenters. The highest BCUT2D eigenvalue weighted by atomic mass is 19.2. The van der Waals surface area contributed by atoms with Gasteiger partial charge in [-0.05, 0) is 6.42 Å².